The van der Waals surface area contributed by atoms with Gasteiger partial charge in [-0.1, -0.05) is 17.4 Å². The van der Waals surface area contributed by atoms with Gasteiger partial charge in [-0.3, -0.25) is 10.1 Å². The van der Waals surface area contributed by atoms with E-state index in [1.165, 1.54) is 12.1 Å². The number of benzene rings is 1. The highest BCUT2D eigenvalue weighted by molar-refractivity contribution is 7.17. The molecule has 108 valence electrons. The third-order valence-electron chi connectivity index (χ3n) is 2.78. The largest absolute Gasteiger partial charge is 0.457 e. The molecule has 0 saturated carbocycles. The summed E-state index contributed by atoms with van der Waals surface area (Å²) in [6.07, 6.45) is 0. The zero-order valence-electron chi connectivity index (χ0n) is 10.6. The van der Waals surface area contributed by atoms with E-state index in [0.29, 0.717) is 11.5 Å². The summed E-state index contributed by atoms with van der Waals surface area (Å²) in [5.74, 6) is 0.667. The van der Waals surface area contributed by atoms with Crippen molar-refractivity contribution in [3.63, 3.8) is 0 Å². The Morgan fingerprint density at radius 3 is 2.86 bits per heavy atom. The van der Waals surface area contributed by atoms with Gasteiger partial charge in [0, 0.05) is 6.07 Å². The van der Waals surface area contributed by atoms with Gasteiger partial charge >= 0.3 is 11.0 Å². The molecule has 0 spiro atoms. The fraction of sp³-hybridized carbons (Fsp3) is 0.154. The summed E-state index contributed by atoms with van der Waals surface area (Å²) in [6, 6.07) is 7.89. The van der Waals surface area contributed by atoms with Gasteiger partial charge in [0.05, 0.1) is 4.92 Å². The second-order valence-electron chi connectivity index (χ2n) is 4.16. The molecule has 1 aliphatic rings. The maximum absolute atomic E-state index is 11.8. The second kappa shape index (κ2) is 5.41. The summed E-state index contributed by atoms with van der Waals surface area (Å²) >= 11 is 0.786. The maximum Gasteiger partial charge on any atom is 0.348 e. The molecule has 2 heterocycles. The number of hydrogen-bond acceptors (Lipinski definition) is 7. The Morgan fingerprint density at radius 1 is 1.29 bits per heavy atom. The molecule has 0 unspecified atom stereocenters. The first-order valence-corrected chi connectivity index (χ1v) is 6.75. The molecule has 0 fully saturated rings. The topological polar surface area (TPSA) is 87.9 Å². The summed E-state index contributed by atoms with van der Waals surface area (Å²) in [5, 5.41) is 10.5. The van der Waals surface area contributed by atoms with Gasteiger partial charge in [0.2, 0.25) is 6.79 Å². The van der Waals surface area contributed by atoms with E-state index in [1.807, 2.05) is 0 Å². The first kappa shape index (κ1) is 13.4. The van der Waals surface area contributed by atoms with Gasteiger partial charge in [0.25, 0.3) is 0 Å². The molecule has 0 radical (unpaired) electrons. The Balaban J connectivity index is 1.64. The Labute approximate surface area is 122 Å². The smallest absolute Gasteiger partial charge is 0.348 e. The Morgan fingerprint density at radius 2 is 2.10 bits per heavy atom. The SMILES string of the molecule is O=C(OCc1ccc2c(c1)OCO2)c1ccc([N+](=O)[O-])s1. The highest BCUT2D eigenvalue weighted by atomic mass is 32.1. The Hall–Kier alpha value is -2.61. The van der Waals surface area contributed by atoms with Gasteiger partial charge in [0.15, 0.2) is 11.5 Å². The number of carbonyl (C=O) groups is 1. The molecule has 8 heteroatoms. The van der Waals surface area contributed by atoms with E-state index >= 15 is 0 Å². The molecule has 21 heavy (non-hydrogen) atoms. The monoisotopic (exact) mass is 307 g/mol. The number of ether oxygens (including phenoxy) is 3. The van der Waals surface area contributed by atoms with Crippen LogP contribution in [0.4, 0.5) is 5.00 Å². The average Bonchev–Trinajstić information content (AvgIpc) is 3.12. The van der Waals surface area contributed by atoms with Crippen LogP contribution in [0.1, 0.15) is 15.2 Å². The van der Waals surface area contributed by atoms with Crippen molar-refractivity contribution in [2.75, 3.05) is 6.79 Å². The minimum atomic E-state index is -0.592. The van der Waals surface area contributed by atoms with Crippen molar-refractivity contribution < 1.29 is 23.9 Å². The summed E-state index contributed by atoms with van der Waals surface area (Å²) in [7, 11) is 0. The van der Waals surface area contributed by atoms with Crippen LogP contribution in [0, 0.1) is 10.1 Å². The zero-order valence-corrected chi connectivity index (χ0v) is 11.4. The van der Waals surface area contributed by atoms with E-state index in [4.69, 9.17) is 14.2 Å². The Bertz CT molecular complexity index is 710. The van der Waals surface area contributed by atoms with E-state index in [1.54, 1.807) is 18.2 Å². The molecule has 0 aliphatic carbocycles. The van der Waals surface area contributed by atoms with E-state index in [0.717, 1.165) is 16.9 Å². The molecular weight excluding hydrogens is 298 g/mol. The van der Waals surface area contributed by atoms with E-state index in [2.05, 4.69) is 0 Å². The second-order valence-corrected chi connectivity index (χ2v) is 5.22. The average molecular weight is 307 g/mol. The lowest BCUT2D eigenvalue weighted by Crippen LogP contribution is -2.03. The van der Waals surface area contributed by atoms with E-state index < -0.39 is 10.9 Å². The predicted octanol–water partition coefficient (Wildman–Crippen LogP) is 2.74. The molecule has 0 amide bonds. The summed E-state index contributed by atoms with van der Waals surface area (Å²) < 4.78 is 15.5. The van der Waals surface area contributed by atoms with Crippen LogP contribution in [-0.2, 0) is 11.3 Å². The van der Waals surface area contributed by atoms with Crippen molar-refractivity contribution in [1.29, 1.82) is 0 Å². The standard InChI is InChI=1S/C13H9NO6S/c15-13(11-3-4-12(21-11)14(16)17)18-6-8-1-2-9-10(5-8)20-7-19-9/h1-5H,6-7H2. The minimum absolute atomic E-state index is 0.0567. The molecule has 0 saturated heterocycles. The lowest BCUT2D eigenvalue weighted by molar-refractivity contribution is -0.380. The third-order valence-corrected chi connectivity index (χ3v) is 3.80. The van der Waals surface area contributed by atoms with Crippen molar-refractivity contribution in [3.8, 4) is 11.5 Å². The first-order chi connectivity index (χ1) is 10.1. The number of hydrogen-bond donors (Lipinski definition) is 0. The van der Waals surface area contributed by atoms with Crippen LogP contribution in [0.3, 0.4) is 0 Å². The van der Waals surface area contributed by atoms with Gasteiger partial charge in [-0.25, -0.2) is 4.79 Å². The first-order valence-electron chi connectivity index (χ1n) is 5.93. The Kier molecular flexibility index (Phi) is 3.44. The van der Waals surface area contributed by atoms with Crippen LogP contribution in [0.25, 0.3) is 0 Å². The number of thiophene rings is 1. The lowest BCUT2D eigenvalue weighted by atomic mass is 10.2. The molecule has 1 aromatic heterocycles. The van der Waals surface area contributed by atoms with Gasteiger partial charge in [-0.15, -0.1) is 0 Å². The van der Waals surface area contributed by atoms with Gasteiger partial charge in [-0.2, -0.15) is 0 Å². The van der Waals surface area contributed by atoms with Gasteiger partial charge in [0.1, 0.15) is 11.5 Å². The van der Waals surface area contributed by atoms with Crippen LogP contribution in [0.5, 0.6) is 11.5 Å². The van der Waals surface area contributed by atoms with Crippen LogP contribution in [-0.4, -0.2) is 17.7 Å². The zero-order chi connectivity index (χ0) is 14.8. The third kappa shape index (κ3) is 2.79. The fourth-order valence-corrected chi connectivity index (χ4v) is 2.50. The number of nitrogens with zero attached hydrogens (tertiary/aromatic N) is 1. The normalized spacial score (nSPS) is 12.2. The molecule has 0 atom stereocenters. The molecule has 0 N–H and O–H groups in total. The van der Waals surface area contributed by atoms with Crippen LogP contribution < -0.4 is 9.47 Å². The number of fused-ring (bicyclic) bond motifs is 1. The number of nitro groups is 1. The highest BCUT2D eigenvalue weighted by Gasteiger charge is 2.17. The van der Waals surface area contributed by atoms with Crippen LogP contribution >= 0.6 is 11.3 Å². The number of esters is 1. The van der Waals surface area contributed by atoms with E-state index in [9.17, 15) is 14.9 Å². The molecule has 0 bridgehead atoms. The molecule has 1 aliphatic heterocycles. The quantitative estimate of drug-likeness (QED) is 0.490. The number of rotatable bonds is 4. The lowest BCUT2D eigenvalue weighted by Gasteiger charge is -2.04. The summed E-state index contributed by atoms with van der Waals surface area (Å²) in [6.45, 7) is 0.235. The fourth-order valence-electron chi connectivity index (χ4n) is 1.79. The van der Waals surface area contributed by atoms with Gasteiger partial charge in [-0.05, 0) is 23.8 Å². The molecule has 3 rings (SSSR count). The molecule has 1 aromatic carbocycles. The van der Waals surface area contributed by atoms with Crippen LogP contribution in [0.2, 0.25) is 0 Å². The maximum atomic E-state index is 11.8. The molecule has 7 nitrogen and oxygen atoms in total. The number of carbonyl (C=O) groups excluding carboxylic acids is 1. The van der Waals surface area contributed by atoms with Crippen molar-refractivity contribution in [2.24, 2.45) is 0 Å². The van der Waals surface area contributed by atoms with Crippen molar-refractivity contribution in [2.45, 2.75) is 6.61 Å². The van der Waals surface area contributed by atoms with E-state index in [-0.39, 0.29) is 23.3 Å². The van der Waals surface area contributed by atoms with Crippen molar-refractivity contribution in [1.82, 2.24) is 0 Å². The van der Waals surface area contributed by atoms with Crippen molar-refractivity contribution >= 4 is 22.3 Å². The summed E-state index contributed by atoms with van der Waals surface area (Å²) in [5.41, 5.74) is 0.749. The summed E-state index contributed by atoms with van der Waals surface area (Å²) in [4.78, 5) is 22.0. The predicted molar refractivity (Wildman–Crippen MR) is 72.7 cm³/mol. The van der Waals surface area contributed by atoms with Crippen molar-refractivity contribution in [3.05, 3.63) is 50.9 Å². The minimum Gasteiger partial charge on any atom is -0.457 e. The molecular formula is C13H9NO6S. The highest BCUT2D eigenvalue weighted by Crippen LogP contribution is 2.32. The van der Waals surface area contributed by atoms with Gasteiger partial charge < -0.3 is 14.2 Å². The molecule has 2 aromatic rings. The van der Waals surface area contributed by atoms with Crippen LogP contribution in [0.15, 0.2) is 30.3 Å².